The molecule has 2 fully saturated rings. The van der Waals surface area contributed by atoms with Gasteiger partial charge in [0.25, 0.3) is 0 Å². The van der Waals surface area contributed by atoms with Crippen molar-refractivity contribution in [1.82, 2.24) is 4.90 Å². The highest BCUT2D eigenvalue weighted by atomic mass is 31.2. The largest absolute Gasteiger partial charge is 0.464 e. The Balaban J connectivity index is 2.17. The van der Waals surface area contributed by atoms with Crippen molar-refractivity contribution in [2.45, 2.75) is 52.5 Å². The van der Waals surface area contributed by atoms with E-state index in [1.807, 2.05) is 0 Å². The van der Waals surface area contributed by atoms with Crippen molar-refractivity contribution >= 4 is 19.7 Å². The van der Waals surface area contributed by atoms with E-state index in [0.29, 0.717) is 32.6 Å². The molecule has 0 aromatic rings. The zero-order valence-electron chi connectivity index (χ0n) is 17.2. The normalized spacial score (nSPS) is 26.6. The first-order valence-corrected chi connectivity index (χ1v) is 11.6. The molecule has 8 nitrogen and oxygen atoms in total. The highest BCUT2D eigenvalue weighted by Gasteiger charge is 2.44. The van der Waals surface area contributed by atoms with Crippen LogP contribution in [0, 0.1) is 11.8 Å². The van der Waals surface area contributed by atoms with E-state index in [9.17, 15) is 14.2 Å². The summed E-state index contributed by atoms with van der Waals surface area (Å²) >= 11 is 0. The SMILES string of the molecule is CCOC(=O)[C@@H]1C[C@@H]2C/C(=C/P(=O)(OCC)OCC)CC[C@@H]2CN1C(=O)OC. The van der Waals surface area contributed by atoms with E-state index in [4.69, 9.17) is 18.5 Å². The number of hydrogen-bond acceptors (Lipinski definition) is 7. The molecule has 3 atom stereocenters. The van der Waals surface area contributed by atoms with Gasteiger partial charge in [-0.15, -0.1) is 0 Å². The summed E-state index contributed by atoms with van der Waals surface area (Å²) in [4.78, 5) is 26.1. The Morgan fingerprint density at radius 3 is 2.39 bits per heavy atom. The molecule has 0 aromatic carbocycles. The van der Waals surface area contributed by atoms with Crippen molar-refractivity contribution < 1.29 is 32.7 Å². The van der Waals surface area contributed by atoms with Crippen molar-refractivity contribution in [3.8, 4) is 0 Å². The van der Waals surface area contributed by atoms with Crippen LogP contribution in [0.25, 0.3) is 0 Å². The van der Waals surface area contributed by atoms with E-state index in [1.165, 1.54) is 12.0 Å². The molecule has 0 N–H and O–H groups in total. The molecule has 0 unspecified atom stereocenters. The topological polar surface area (TPSA) is 91.4 Å². The van der Waals surface area contributed by atoms with E-state index in [0.717, 1.165) is 18.4 Å². The van der Waals surface area contributed by atoms with Gasteiger partial charge in [0.1, 0.15) is 6.04 Å². The lowest BCUT2D eigenvalue weighted by atomic mass is 9.71. The number of carbonyl (C=O) groups is 2. The number of carbonyl (C=O) groups excluding carboxylic acids is 2. The predicted octanol–water partition coefficient (Wildman–Crippen LogP) is 3.96. The summed E-state index contributed by atoms with van der Waals surface area (Å²) in [6, 6.07) is -0.654. The molecule has 2 rings (SSSR count). The van der Waals surface area contributed by atoms with Crippen LogP contribution in [0.3, 0.4) is 0 Å². The summed E-state index contributed by atoms with van der Waals surface area (Å²) in [5.74, 6) is 1.71. The van der Waals surface area contributed by atoms with Gasteiger partial charge in [0.05, 0.1) is 26.9 Å². The number of esters is 1. The summed E-state index contributed by atoms with van der Waals surface area (Å²) < 4.78 is 33.6. The van der Waals surface area contributed by atoms with Crippen LogP contribution in [-0.4, -0.2) is 56.5 Å². The third-order valence-electron chi connectivity index (χ3n) is 5.29. The van der Waals surface area contributed by atoms with Crippen LogP contribution >= 0.6 is 7.60 Å². The smallest absolute Gasteiger partial charge is 0.410 e. The third kappa shape index (κ3) is 5.58. The van der Waals surface area contributed by atoms with Gasteiger partial charge in [0.2, 0.25) is 0 Å². The van der Waals surface area contributed by atoms with Gasteiger partial charge in [0, 0.05) is 12.4 Å². The number of ether oxygens (including phenoxy) is 2. The zero-order valence-corrected chi connectivity index (χ0v) is 18.1. The number of methoxy groups -OCH3 is 1. The maximum absolute atomic E-state index is 12.8. The summed E-state index contributed by atoms with van der Waals surface area (Å²) in [6.07, 6.45) is 2.32. The predicted molar refractivity (Wildman–Crippen MR) is 104 cm³/mol. The molecular weight excluding hydrogens is 385 g/mol. The fourth-order valence-corrected chi connectivity index (χ4v) is 5.74. The number of nitrogens with zero attached hydrogens (tertiary/aromatic N) is 1. The average molecular weight is 417 g/mol. The highest BCUT2D eigenvalue weighted by Crippen LogP contribution is 2.53. The molecular formula is C19H32NO7P. The number of rotatable bonds is 7. The van der Waals surface area contributed by atoms with E-state index in [-0.39, 0.29) is 18.4 Å². The molecule has 2 aliphatic rings. The molecule has 28 heavy (non-hydrogen) atoms. The molecule has 0 bridgehead atoms. The molecule has 0 aromatic heterocycles. The Hall–Kier alpha value is -1.37. The first-order valence-electron chi connectivity index (χ1n) is 9.98. The van der Waals surface area contributed by atoms with Crippen molar-refractivity contribution in [2.75, 3.05) is 33.5 Å². The van der Waals surface area contributed by atoms with Crippen LogP contribution in [0.1, 0.15) is 46.5 Å². The minimum atomic E-state index is -3.25. The zero-order chi connectivity index (χ0) is 20.7. The lowest BCUT2D eigenvalue weighted by molar-refractivity contribution is -0.152. The summed E-state index contributed by atoms with van der Waals surface area (Å²) in [7, 11) is -1.93. The molecule has 1 amide bonds. The monoisotopic (exact) mass is 417 g/mol. The molecule has 1 aliphatic carbocycles. The second-order valence-electron chi connectivity index (χ2n) is 7.05. The van der Waals surface area contributed by atoms with Crippen LogP contribution in [0.4, 0.5) is 4.79 Å². The van der Waals surface area contributed by atoms with E-state index < -0.39 is 25.7 Å². The van der Waals surface area contributed by atoms with Crippen LogP contribution in [0.5, 0.6) is 0 Å². The maximum atomic E-state index is 12.8. The molecule has 0 spiro atoms. The highest BCUT2D eigenvalue weighted by molar-refractivity contribution is 7.57. The van der Waals surface area contributed by atoms with Crippen LogP contribution in [0.15, 0.2) is 11.4 Å². The Labute approximate surface area is 167 Å². The number of hydrogen-bond donors (Lipinski definition) is 0. The standard InChI is InChI=1S/C19H32NO7P/c1-5-25-18(21)17-11-16-10-14(13-28(23,26-6-2)27-7-3)8-9-15(16)12-20(17)19(22)24-4/h13,15-17H,5-12H2,1-4H3/b14-13+/t15-,16+,17+/m1/s1. The van der Waals surface area contributed by atoms with E-state index in [1.54, 1.807) is 26.6 Å². The Morgan fingerprint density at radius 2 is 1.82 bits per heavy atom. The fourth-order valence-electron chi connectivity index (χ4n) is 4.12. The van der Waals surface area contributed by atoms with Crippen molar-refractivity contribution in [3.63, 3.8) is 0 Å². The molecule has 0 radical (unpaired) electrons. The first-order chi connectivity index (χ1) is 13.4. The Morgan fingerprint density at radius 1 is 1.14 bits per heavy atom. The van der Waals surface area contributed by atoms with Crippen LogP contribution in [0.2, 0.25) is 0 Å². The maximum Gasteiger partial charge on any atom is 0.410 e. The van der Waals surface area contributed by atoms with Gasteiger partial charge >= 0.3 is 19.7 Å². The van der Waals surface area contributed by atoms with Crippen molar-refractivity contribution in [1.29, 1.82) is 0 Å². The minimum Gasteiger partial charge on any atom is -0.464 e. The Kier molecular flexibility index (Phi) is 8.53. The van der Waals surface area contributed by atoms with Gasteiger partial charge in [-0.25, -0.2) is 9.59 Å². The van der Waals surface area contributed by atoms with Gasteiger partial charge in [-0.2, -0.15) is 0 Å². The lowest BCUT2D eigenvalue weighted by Crippen LogP contribution is -2.54. The average Bonchev–Trinajstić information content (AvgIpc) is 2.66. The van der Waals surface area contributed by atoms with Gasteiger partial charge in [-0.3, -0.25) is 9.46 Å². The summed E-state index contributed by atoms with van der Waals surface area (Å²) in [5.41, 5.74) is 1.03. The molecule has 1 saturated heterocycles. The molecule has 9 heteroatoms. The summed E-state index contributed by atoms with van der Waals surface area (Å²) in [6.45, 7) is 6.66. The fraction of sp³-hybridized carbons (Fsp3) is 0.789. The van der Waals surface area contributed by atoms with Gasteiger partial charge in [-0.05, 0) is 58.3 Å². The van der Waals surface area contributed by atoms with Crippen molar-refractivity contribution in [2.24, 2.45) is 11.8 Å². The third-order valence-corrected chi connectivity index (χ3v) is 7.20. The van der Waals surface area contributed by atoms with Crippen molar-refractivity contribution in [3.05, 3.63) is 11.4 Å². The van der Waals surface area contributed by atoms with Crippen LogP contribution < -0.4 is 0 Å². The molecule has 160 valence electrons. The quantitative estimate of drug-likeness (QED) is 0.457. The number of allylic oxidation sites excluding steroid dienone is 1. The lowest BCUT2D eigenvalue weighted by Gasteiger charge is -2.44. The second-order valence-corrected chi connectivity index (χ2v) is 8.91. The Bertz CT molecular complexity index is 626. The van der Waals surface area contributed by atoms with Gasteiger partial charge < -0.3 is 18.5 Å². The van der Waals surface area contributed by atoms with Gasteiger partial charge in [0.15, 0.2) is 0 Å². The first kappa shape index (κ1) is 22.9. The summed E-state index contributed by atoms with van der Waals surface area (Å²) in [5, 5.41) is 0. The number of piperidine rings is 1. The van der Waals surface area contributed by atoms with E-state index >= 15 is 0 Å². The van der Waals surface area contributed by atoms with E-state index in [2.05, 4.69) is 0 Å². The number of likely N-dealkylation sites (tertiary alicyclic amines) is 1. The van der Waals surface area contributed by atoms with Crippen LogP contribution in [-0.2, 0) is 27.9 Å². The van der Waals surface area contributed by atoms with Gasteiger partial charge in [-0.1, -0.05) is 5.57 Å². The molecule has 1 aliphatic heterocycles. The minimum absolute atomic E-state index is 0.201. The number of fused-ring (bicyclic) bond motifs is 1. The second kappa shape index (κ2) is 10.4. The number of amides is 1. The molecule has 1 heterocycles. The molecule has 1 saturated carbocycles.